The van der Waals surface area contributed by atoms with Crippen molar-refractivity contribution in [3.05, 3.63) is 70.2 Å². The molecule has 3 nitrogen and oxygen atoms in total. The van der Waals surface area contributed by atoms with E-state index in [9.17, 15) is 9.90 Å². The molecule has 0 aliphatic carbocycles. The number of carbonyl (C=O) groups is 1. The van der Waals surface area contributed by atoms with Gasteiger partial charge in [0.05, 0.1) is 5.60 Å². The quantitative estimate of drug-likeness (QED) is 0.833. The third-order valence-corrected chi connectivity index (χ3v) is 3.57. The standard InChI is InChI=1S/C9H12BrNO.C8H8O/c1-9(12,6-11)7-2-4-8(10)5-3-7;1-7(9)8-5-3-2-4-6-8/h2-5,12H,6,11H2,1H3;2-6H,1H3. The molecule has 0 radical (unpaired) electrons. The Balaban J connectivity index is 0.000000219. The lowest BCUT2D eigenvalue weighted by Gasteiger charge is -2.21. The van der Waals surface area contributed by atoms with Crippen LogP contribution in [0.25, 0.3) is 0 Å². The number of nitrogens with two attached hydrogens (primary N) is 1. The van der Waals surface area contributed by atoms with Crippen molar-refractivity contribution in [2.24, 2.45) is 5.73 Å². The molecule has 1 unspecified atom stereocenters. The fraction of sp³-hybridized carbons (Fsp3) is 0.235. The number of halogens is 1. The Bertz CT molecular complexity index is 565. The van der Waals surface area contributed by atoms with Crippen molar-refractivity contribution in [3.63, 3.8) is 0 Å². The summed E-state index contributed by atoms with van der Waals surface area (Å²) >= 11 is 3.32. The molecule has 0 saturated heterocycles. The van der Waals surface area contributed by atoms with E-state index < -0.39 is 5.60 Å². The lowest BCUT2D eigenvalue weighted by molar-refractivity contribution is 0.0668. The molecule has 0 amide bonds. The van der Waals surface area contributed by atoms with Crippen molar-refractivity contribution in [2.75, 3.05) is 6.54 Å². The highest BCUT2D eigenvalue weighted by atomic mass is 79.9. The van der Waals surface area contributed by atoms with Crippen LogP contribution >= 0.6 is 15.9 Å². The first-order valence-corrected chi connectivity index (χ1v) is 7.40. The predicted octanol–water partition coefficient (Wildman–Crippen LogP) is 3.50. The van der Waals surface area contributed by atoms with E-state index in [2.05, 4.69) is 15.9 Å². The summed E-state index contributed by atoms with van der Waals surface area (Å²) in [5.74, 6) is 0.121. The molecule has 0 saturated carbocycles. The van der Waals surface area contributed by atoms with Gasteiger partial charge in [-0.3, -0.25) is 4.79 Å². The predicted molar refractivity (Wildman–Crippen MR) is 89.2 cm³/mol. The fourth-order valence-corrected chi connectivity index (χ4v) is 1.86. The van der Waals surface area contributed by atoms with Crippen molar-refractivity contribution in [2.45, 2.75) is 19.4 Å². The van der Waals surface area contributed by atoms with Crippen LogP contribution in [-0.4, -0.2) is 17.4 Å². The summed E-state index contributed by atoms with van der Waals surface area (Å²) in [6, 6.07) is 16.7. The van der Waals surface area contributed by atoms with Gasteiger partial charge in [0.2, 0.25) is 0 Å². The Morgan fingerprint density at radius 2 is 1.67 bits per heavy atom. The SMILES string of the molecule is CC(=O)c1ccccc1.CC(O)(CN)c1ccc(Br)cc1. The summed E-state index contributed by atoms with van der Waals surface area (Å²) in [5, 5.41) is 9.75. The molecule has 0 aliphatic rings. The number of rotatable bonds is 3. The van der Waals surface area contributed by atoms with E-state index in [1.807, 2.05) is 54.6 Å². The number of Topliss-reactive ketones (excluding diaryl/α,β-unsaturated/α-hetero) is 1. The van der Waals surface area contributed by atoms with Crippen LogP contribution in [0.5, 0.6) is 0 Å². The van der Waals surface area contributed by atoms with Crippen LogP contribution in [0.3, 0.4) is 0 Å². The van der Waals surface area contributed by atoms with Crippen LogP contribution < -0.4 is 5.73 Å². The molecule has 0 aromatic heterocycles. The Kier molecular flexibility index (Phi) is 6.75. The van der Waals surface area contributed by atoms with Crippen LogP contribution in [0.15, 0.2) is 59.1 Å². The van der Waals surface area contributed by atoms with Crippen molar-refractivity contribution in [1.29, 1.82) is 0 Å². The summed E-state index contributed by atoms with van der Waals surface area (Å²) < 4.78 is 0.999. The first-order valence-electron chi connectivity index (χ1n) is 6.61. The van der Waals surface area contributed by atoms with Gasteiger partial charge in [-0.1, -0.05) is 58.4 Å². The molecule has 0 heterocycles. The van der Waals surface area contributed by atoms with Crippen molar-refractivity contribution in [3.8, 4) is 0 Å². The molecule has 1 atom stereocenters. The molecule has 3 N–H and O–H groups in total. The Morgan fingerprint density at radius 3 is 2.05 bits per heavy atom. The molecule has 112 valence electrons. The third kappa shape index (κ3) is 5.79. The number of carbonyl (C=O) groups excluding carboxylic acids is 1. The van der Waals surface area contributed by atoms with Gasteiger partial charge in [0.15, 0.2) is 5.78 Å². The zero-order valence-electron chi connectivity index (χ0n) is 12.2. The largest absolute Gasteiger partial charge is 0.384 e. The average Bonchev–Trinajstić information content (AvgIpc) is 2.49. The van der Waals surface area contributed by atoms with Crippen LogP contribution in [0.2, 0.25) is 0 Å². The smallest absolute Gasteiger partial charge is 0.159 e. The fourth-order valence-electron chi connectivity index (χ4n) is 1.60. The molecule has 2 rings (SSSR count). The Hall–Kier alpha value is -1.49. The van der Waals surface area contributed by atoms with Gasteiger partial charge >= 0.3 is 0 Å². The minimum Gasteiger partial charge on any atom is -0.384 e. The second-order valence-electron chi connectivity index (χ2n) is 4.91. The lowest BCUT2D eigenvalue weighted by atomic mass is 9.97. The van der Waals surface area contributed by atoms with E-state index in [4.69, 9.17) is 5.73 Å². The molecule has 0 fully saturated rings. The lowest BCUT2D eigenvalue weighted by Crippen LogP contribution is -2.31. The van der Waals surface area contributed by atoms with E-state index in [1.165, 1.54) is 0 Å². The van der Waals surface area contributed by atoms with E-state index in [-0.39, 0.29) is 12.3 Å². The van der Waals surface area contributed by atoms with Gasteiger partial charge in [0.25, 0.3) is 0 Å². The summed E-state index contributed by atoms with van der Waals surface area (Å²) in [6.45, 7) is 3.50. The molecule has 2 aromatic rings. The maximum absolute atomic E-state index is 10.6. The molecule has 0 spiro atoms. The minimum absolute atomic E-state index is 0.121. The first-order chi connectivity index (χ1) is 9.86. The molecule has 0 bridgehead atoms. The highest BCUT2D eigenvalue weighted by molar-refractivity contribution is 9.10. The Labute approximate surface area is 133 Å². The second-order valence-corrected chi connectivity index (χ2v) is 5.82. The third-order valence-electron chi connectivity index (χ3n) is 3.04. The molecule has 2 aromatic carbocycles. The van der Waals surface area contributed by atoms with Crippen molar-refractivity contribution >= 4 is 21.7 Å². The number of aliphatic hydroxyl groups is 1. The Morgan fingerprint density at radius 1 is 1.14 bits per heavy atom. The molecule has 4 heteroatoms. The van der Waals surface area contributed by atoms with Gasteiger partial charge in [-0.05, 0) is 31.5 Å². The highest BCUT2D eigenvalue weighted by Gasteiger charge is 2.19. The van der Waals surface area contributed by atoms with E-state index >= 15 is 0 Å². The van der Waals surface area contributed by atoms with Crippen LogP contribution in [0, 0.1) is 0 Å². The van der Waals surface area contributed by atoms with Crippen LogP contribution in [0.4, 0.5) is 0 Å². The first kappa shape index (κ1) is 17.6. The van der Waals surface area contributed by atoms with Gasteiger partial charge in [-0.2, -0.15) is 0 Å². The average molecular weight is 350 g/mol. The minimum atomic E-state index is -0.916. The molecule has 21 heavy (non-hydrogen) atoms. The number of hydrogen-bond acceptors (Lipinski definition) is 3. The maximum Gasteiger partial charge on any atom is 0.159 e. The molecule has 0 aliphatic heterocycles. The molecular weight excluding hydrogens is 330 g/mol. The summed E-state index contributed by atoms with van der Waals surface area (Å²) in [7, 11) is 0. The normalized spacial score (nSPS) is 12.8. The zero-order chi connectivity index (χ0) is 15.9. The van der Waals surface area contributed by atoms with Gasteiger partial charge in [-0.25, -0.2) is 0 Å². The maximum atomic E-state index is 10.6. The molecular formula is C17H20BrNO2. The van der Waals surface area contributed by atoms with Gasteiger partial charge in [-0.15, -0.1) is 0 Å². The van der Waals surface area contributed by atoms with E-state index in [0.29, 0.717) is 0 Å². The summed E-state index contributed by atoms with van der Waals surface area (Å²) in [4.78, 5) is 10.6. The van der Waals surface area contributed by atoms with Gasteiger partial charge < -0.3 is 10.8 Å². The van der Waals surface area contributed by atoms with E-state index in [1.54, 1.807) is 13.8 Å². The van der Waals surface area contributed by atoms with Crippen LogP contribution in [0.1, 0.15) is 29.8 Å². The summed E-state index contributed by atoms with van der Waals surface area (Å²) in [5.41, 5.74) is 6.12. The van der Waals surface area contributed by atoms with Crippen molar-refractivity contribution < 1.29 is 9.90 Å². The summed E-state index contributed by atoms with van der Waals surface area (Å²) in [6.07, 6.45) is 0. The van der Waals surface area contributed by atoms with Gasteiger partial charge in [0.1, 0.15) is 0 Å². The zero-order valence-corrected chi connectivity index (χ0v) is 13.8. The topological polar surface area (TPSA) is 63.3 Å². The highest BCUT2D eigenvalue weighted by Crippen LogP contribution is 2.20. The van der Waals surface area contributed by atoms with Crippen LogP contribution in [-0.2, 0) is 5.60 Å². The number of ketones is 1. The van der Waals surface area contributed by atoms with Crippen molar-refractivity contribution in [1.82, 2.24) is 0 Å². The van der Waals surface area contributed by atoms with Gasteiger partial charge in [0, 0.05) is 16.6 Å². The second kappa shape index (κ2) is 8.08. The number of benzene rings is 2. The van der Waals surface area contributed by atoms with E-state index in [0.717, 1.165) is 15.6 Å². The number of hydrogen-bond donors (Lipinski definition) is 2. The monoisotopic (exact) mass is 349 g/mol.